The average Bonchev–Trinajstić information content (AvgIpc) is 3.59. The average molecular weight is 439 g/mol. The van der Waals surface area contributed by atoms with Gasteiger partial charge >= 0.3 is 0 Å². The second-order valence-electron chi connectivity index (χ2n) is 8.93. The molecular weight excluding hydrogens is 418 g/mol. The Morgan fingerprint density at radius 1 is 1.12 bits per heavy atom. The molecule has 6 rings (SSSR count). The normalized spacial score (nSPS) is 23.1. The van der Waals surface area contributed by atoms with Crippen LogP contribution in [0.2, 0.25) is 0 Å². The molecule has 0 radical (unpaired) electrons. The van der Waals surface area contributed by atoms with E-state index in [1.165, 1.54) is 0 Å². The largest absolute Gasteiger partial charge is 0.309 e. The predicted molar refractivity (Wildman–Crippen MR) is 117 cm³/mol. The Labute approximate surface area is 188 Å². The quantitative estimate of drug-likeness (QED) is 0.482. The van der Waals surface area contributed by atoms with Crippen molar-refractivity contribution in [1.82, 2.24) is 40.1 Å². The summed E-state index contributed by atoms with van der Waals surface area (Å²) in [4.78, 5) is 39.0. The Hall–Kier alpha value is -4.00. The number of H-pyrrole nitrogens is 2. The predicted octanol–water partition coefficient (Wildman–Crippen LogP) is 2.59. The van der Waals surface area contributed by atoms with Crippen LogP contribution >= 0.6 is 0 Å². The number of fused-ring (bicyclic) bond motifs is 1. The van der Waals surface area contributed by atoms with E-state index >= 15 is 0 Å². The Balaban J connectivity index is 1.50. The van der Waals surface area contributed by atoms with Gasteiger partial charge in [-0.15, -0.1) is 0 Å². The summed E-state index contributed by atoms with van der Waals surface area (Å²) in [6.45, 7) is 2.11. The minimum atomic E-state index is -0.558. The fourth-order valence-electron chi connectivity index (χ4n) is 5.12. The third kappa shape index (κ3) is 2.96. The van der Waals surface area contributed by atoms with Gasteiger partial charge in [0, 0.05) is 42.0 Å². The van der Waals surface area contributed by atoms with Crippen molar-refractivity contribution in [1.29, 1.82) is 5.26 Å². The molecule has 0 aliphatic heterocycles. The van der Waals surface area contributed by atoms with Crippen LogP contribution in [-0.2, 0) is 5.41 Å². The van der Waals surface area contributed by atoms with Crippen LogP contribution in [0.3, 0.4) is 0 Å². The van der Waals surface area contributed by atoms with Gasteiger partial charge in [0.25, 0.3) is 5.56 Å². The molecule has 4 aromatic heterocycles. The van der Waals surface area contributed by atoms with Gasteiger partial charge in [0.1, 0.15) is 28.9 Å². The van der Waals surface area contributed by atoms with Crippen molar-refractivity contribution in [2.45, 2.75) is 55.8 Å². The summed E-state index contributed by atoms with van der Waals surface area (Å²) in [7, 11) is 0. The number of aromatic amines is 2. The molecule has 4 heterocycles. The van der Waals surface area contributed by atoms with Gasteiger partial charge in [0.15, 0.2) is 11.3 Å². The highest BCUT2D eigenvalue weighted by molar-refractivity contribution is 5.79. The van der Waals surface area contributed by atoms with Gasteiger partial charge in [-0.1, -0.05) is 6.92 Å². The number of hydrogen-bond donors (Lipinski definition) is 2. The summed E-state index contributed by atoms with van der Waals surface area (Å²) in [5, 5.41) is 16.1. The molecule has 3 atom stereocenters. The molecule has 33 heavy (non-hydrogen) atoms. The highest BCUT2D eigenvalue weighted by Crippen LogP contribution is 2.59. The van der Waals surface area contributed by atoms with Crippen molar-refractivity contribution in [3.63, 3.8) is 0 Å². The first-order valence-electron chi connectivity index (χ1n) is 11.1. The molecule has 2 aliphatic carbocycles. The smallest absolute Gasteiger partial charge is 0.263 e. The lowest BCUT2D eigenvalue weighted by molar-refractivity contribution is 0.137. The highest BCUT2D eigenvalue weighted by Gasteiger charge is 2.56. The molecule has 3 unspecified atom stereocenters. The van der Waals surface area contributed by atoms with Crippen molar-refractivity contribution >= 4 is 11.0 Å². The van der Waals surface area contributed by atoms with Crippen molar-refractivity contribution in [3.8, 4) is 6.07 Å². The van der Waals surface area contributed by atoms with E-state index in [0.717, 1.165) is 42.9 Å². The Kier molecular flexibility index (Phi) is 4.33. The van der Waals surface area contributed by atoms with Gasteiger partial charge in [0.05, 0.1) is 0 Å². The molecule has 2 saturated carbocycles. The maximum atomic E-state index is 13.0. The Bertz CT molecular complexity index is 1430. The molecule has 0 saturated heterocycles. The zero-order chi connectivity index (χ0) is 22.6. The van der Waals surface area contributed by atoms with E-state index in [9.17, 15) is 10.1 Å². The summed E-state index contributed by atoms with van der Waals surface area (Å²) >= 11 is 0. The van der Waals surface area contributed by atoms with Crippen molar-refractivity contribution in [3.05, 3.63) is 69.9 Å². The fourth-order valence-corrected chi connectivity index (χ4v) is 5.12. The van der Waals surface area contributed by atoms with E-state index in [1.807, 2.05) is 18.5 Å². The van der Waals surface area contributed by atoms with E-state index < -0.39 is 5.41 Å². The fraction of sp³-hybridized carbons (Fsp3) is 0.391. The van der Waals surface area contributed by atoms with Gasteiger partial charge in [-0.25, -0.2) is 24.9 Å². The van der Waals surface area contributed by atoms with Crippen LogP contribution in [0.25, 0.3) is 11.0 Å². The third-order valence-electron chi connectivity index (χ3n) is 7.25. The van der Waals surface area contributed by atoms with Crippen molar-refractivity contribution in [2.75, 3.05) is 0 Å². The third-order valence-corrected chi connectivity index (χ3v) is 7.25. The molecular formula is C23H21N9O. The van der Waals surface area contributed by atoms with Gasteiger partial charge in [-0.2, -0.15) is 10.4 Å². The molecule has 0 aromatic carbocycles. The van der Waals surface area contributed by atoms with Gasteiger partial charge in [-0.05, 0) is 43.2 Å². The van der Waals surface area contributed by atoms with Gasteiger partial charge in [0.2, 0.25) is 0 Å². The lowest BCUT2D eigenvalue weighted by atomic mass is 9.52. The number of aromatic nitrogens is 8. The minimum absolute atomic E-state index is 0.0352. The zero-order valence-corrected chi connectivity index (χ0v) is 18.0. The Morgan fingerprint density at radius 2 is 1.88 bits per heavy atom. The van der Waals surface area contributed by atoms with Crippen LogP contribution in [0.1, 0.15) is 79.1 Å². The first kappa shape index (κ1) is 19.7. The summed E-state index contributed by atoms with van der Waals surface area (Å²) < 4.78 is 0. The molecule has 164 valence electrons. The number of nitrogens with one attached hydrogen (secondary N) is 2. The van der Waals surface area contributed by atoms with E-state index in [1.54, 1.807) is 18.5 Å². The maximum Gasteiger partial charge on any atom is 0.263 e. The molecule has 0 spiro atoms. The van der Waals surface area contributed by atoms with Crippen LogP contribution in [0.4, 0.5) is 0 Å². The highest BCUT2D eigenvalue weighted by atomic mass is 16.1. The van der Waals surface area contributed by atoms with Crippen molar-refractivity contribution < 1.29 is 0 Å². The standard InChI is InChI=1S/C23H21N9O/c1-12(14-10-27-18(28-11-14)13-3-4-13)23(6-5-15(23)19-25-7-2-8-26-19)22-29-20-17(21(33)30-22)16(9-24)31-32-20/h2,7-8,10-13,15H,3-6H2,1H3,(H2,29,30,31,32,33). The first-order chi connectivity index (χ1) is 16.1. The molecule has 2 aliphatic rings. The lowest BCUT2D eigenvalue weighted by Gasteiger charge is -2.51. The van der Waals surface area contributed by atoms with Crippen LogP contribution in [-0.4, -0.2) is 40.1 Å². The second kappa shape index (κ2) is 7.27. The lowest BCUT2D eigenvalue weighted by Crippen LogP contribution is -2.49. The van der Waals surface area contributed by atoms with Crippen molar-refractivity contribution in [2.24, 2.45) is 0 Å². The Morgan fingerprint density at radius 3 is 2.52 bits per heavy atom. The summed E-state index contributed by atoms with van der Waals surface area (Å²) in [5.74, 6) is 2.52. The van der Waals surface area contributed by atoms with E-state index in [2.05, 4.69) is 42.0 Å². The number of hydrogen-bond acceptors (Lipinski definition) is 8. The van der Waals surface area contributed by atoms with Crippen LogP contribution in [0.15, 0.2) is 35.6 Å². The summed E-state index contributed by atoms with van der Waals surface area (Å²) in [5.41, 5.74) is 0.374. The molecule has 0 amide bonds. The first-order valence-corrected chi connectivity index (χ1v) is 11.1. The summed E-state index contributed by atoms with van der Waals surface area (Å²) in [6.07, 6.45) is 11.2. The number of nitrogens with zero attached hydrogens (tertiary/aromatic N) is 7. The van der Waals surface area contributed by atoms with Gasteiger partial charge < -0.3 is 4.98 Å². The van der Waals surface area contributed by atoms with Gasteiger partial charge in [-0.3, -0.25) is 9.89 Å². The molecule has 0 bridgehead atoms. The topological polar surface area (TPSA) is 150 Å². The molecule has 10 nitrogen and oxygen atoms in total. The zero-order valence-electron chi connectivity index (χ0n) is 18.0. The molecule has 10 heteroatoms. The number of rotatable bonds is 5. The van der Waals surface area contributed by atoms with E-state index in [0.29, 0.717) is 17.4 Å². The minimum Gasteiger partial charge on any atom is -0.309 e. The molecule has 4 aromatic rings. The van der Waals surface area contributed by atoms with E-state index in [-0.39, 0.29) is 28.5 Å². The SMILES string of the molecule is CC(c1cnc(C2CC2)nc1)C1(c2nc3[nH]nc(C#N)c3c(=O)[nH]2)CCC1c1ncccn1. The maximum absolute atomic E-state index is 13.0. The molecule has 2 fully saturated rings. The van der Waals surface area contributed by atoms with Crippen LogP contribution < -0.4 is 5.56 Å². The van der Waals surface area contributed by atoms with E-state index in [4.69, 9.17) is 4.98 Å². The van der Waals surface area contributed by atoms with Crippen LogP contribution in [0.5, 0.6) is 0 Å². The molecule has 2 N–H and O–H groups in total. The van der Waals surface area contributed by atoms with Crippen LogP contribution in [0, 0.1) is 11.3 Å². The summed E-state index contributed by atoms with van der Waals surface area (Å²) in [6, 6.07) is 3.73. The second-order valence-corrected chi connectivity index (χ2v) is 8.93. The monoisotopic (exact) mass is 439 g/mol. The number of nitriles is 1.